The molecule has 0 saturated carbocycles. The Kier molecular flexibility index (Phi) is 4.81. The average molecular weight is 413 g/mol. The number of nitrogens with one attached hydrogen (secondary N) is 2. The maximum Gasteiger partial charge on any atom is 0.325 e. The number of amides is 4. The van der Waals surface area contributed by atoms with Gasteiger partial charge in [-0.3, -0.25) is 14.5 Å². The van der Waals surface area contributed by atoms with Crippen molar-refractivity contribution in [2.75, 3.05) is 18.7 Å². The Morgan fingerprint density at radius 1 is 1.20 bits per heavy atom. The first-order valence-corrected chi connectivity index (χ1v) is 9.34. The molecule has 0 aliphatic carbocycles. The van der Waals surface area contributed by atoms with Crippen molar-refractivity contribution in [3.05, 3.63) is 53.3 Å². The van der Waals surface area contributed by atoms with Gasteiger partial charge in [0.05, 0.1) is 5.69 Å². The molecule has 0 radical (unpaired) electrons. The number of rotatable bonds is 5. The van der Waals surface area contributed by atoms with Gasteiger partial charge in [0.25, 0.3) is 5.91 Å². The molecule has 0 unspecified atom stereocenters. The van der Waals surface area contributed by atoms with E-state index < -0.39 is 35.7 Å². The van der Waals surface area contributed by atoms with Gasteiger partial charge in [-0.05, 0) is 49.2 Å². The van der Waals surface area contributed by atoms with Crippen molar-refractivity contribution in [1.29, 1.82) is 0 Å². The lowest BCUT2D eigenvalue weighted by Crippen LogP contribution is -2.46. The number of carbonyl (C=O) groups excluding carboxylic acids is 3. The minimum Gasteiger partial charge on any atom is -0.454 e. The van der Waals surface area contributed by atoms with Gasteiger partial charge in [-0.15, -0.1) is 0 Å². The summed E-state index contributed by atoms with van der Waals surface area (Å²) in [6.07, 6.45) is 0.207. The van der Waals surface area contributed by atoms with E-state index >= 15 is 0 Å². The Morgan fingerprint density at radius 3 is 2.73 bits per heavy atom. The first-order valence-electron chi connectivity index (χ1n) is 9.34. The predicted molar refractivity (Wildman–Crippen MR) is 105 cm³/mol. The first-order chi connectivity index (χ1) is 14.2. The minimum absolute atomic E-state index is 0.0132. The van der Waals surface area contributed by atoms with Gasteiger partial charge in [-0.2, -0.15) is 0 Å². The molecule has 9 heteroatoms. The molecule has 4 rings (SSSR count). The molecule has 0 aromatic heterocycles. The van der Waals surface area contributed by atoms with Crippen molar-refractivity contribution in [2.45, 2.75) is 25.8 Å². The number of urea groups is 1. The Bertz CT molecular complexity index is 1060. The number of benzene rings is 2. The number of hydrogen-bond acceptors (Lipinski definition) is 5. The Labute approximate surface area is 171 Å². The minimum atomic E-state index is -1.22. The van der Waals surface area contributed by atoms with E-state index in [9.17, 15) is 18.8 Å². The van der Waals surface area contributed by atoms with Crippen molar-refractivity contribution in [2.24, 2.45) is 0 Å². The van der Waals surface area contributed by atoms with Crippen molar-refractivity contribution in [3.63, 3.8) is 0 Å². The maximum absolute atomic E-state index is 13.9. The van der Waals surface area contributed by atoms with Crippen LogP contribution in [0.2, 0.25) is 0 Å². The van der Waals surface area contributed by atoms with Gasteiger partial charge in [-0.1, -0.05) is 12.1 Å². The summed E-state index contributed by atoms with van der Waals surface area (Å²) in [7, 11) is 0. The Hall–Kier alpha value is -3.62. The van der Waals surface area contributed by atoms with Crippen LogP contribution < -0.4 is 20.1 Å². The van der Waals surface area contributed by atoms with Crippen LogP contribution in [-0.4, -0.2) is 41.6 Å². The molecule has 2 aromatic rings. The fraction of sp³-hybridized carbons (Fsp3) is 0.286. The van der Waals surface area contributed by atoms with Crippen LogP contribution in [0, 0.1) is 12.7 Å². The standard InChI is InChI=1S/C21H20FN3O5/c1-12-3-5-15(14(22)7-12)23-18(26)10-25-19(27)21(2,24-20(25)28)9-13-4-6-16-17(8-13)30-11-29-16/h3-8H,9-11H2,1-2H3,(H,23,26)(H,24,28)/t21-/m0/s1. The molecule has 2 N–H and O–H groups in total. The molecule has 2 heterocycles. The second-order valence-corrected chi connectivity index (χ2v) is 7.55. The van der Waals surface area contributed by atoms with Crippen molar-refractivity contribution in [1.82, 2.24) is 10.2 Å². The number of imide groups is 1. The van der Waals surface area contributed by atoms with E-state index in [1.54, 1.807) is 38.1 Å². The van der Waals surface area contributed by atoms with Crippen LogP contribution in [-0.2, 0) is 16.0 Å². The van der Waals surface area contributed by atoms with E-state index in [0.717, 1.165) is 10.5 Å². The highest BCUT2D eigenvalue weighted by Gasteiger charge is 2.48. The van der Waals surface area contributed by atoms with Crippen molar-refractivity contribution >= 4 is 23.5 Å². The highest BCUT2D eigenvalue weighted by molar-refractivity contribution is 6.10. The fourth-order valence-corrected chi connectivity index (χ4v) is 3.52. The summed E-state index contributed by atoms with van der Waals surface area (Å²) in [5.74, 6) is -0.608. The molecule has 30 heavy (non-hydrogen) atoms. The van der Waals surface area contributed by atoms with E-state index in [4.69, 9.17) is 9.47 Å². The van der Waals surface area contributed by atoms with Gasteiger partial charge in [0.1, 0.15) is 17.9 Å². The molecule has 156 valence electrons. The second kappa shape index (κ2) is 7.33. The van der Waals surface area contributed by atoms with Crippen LogP contribution in [0.25, 0.3) is 0 Å². The number of fused-ring (bicyclic) bond motifs is 1. The third kappa shape index (κ3) is 3.66. The van der Waals surface area contributed by atoms with Crippen LogP contribution in [0.15, 0.2) is 36.4 Å². The Balaban J connectivity index is 1.44. The fourth-order valence-electron chi connectivity index (χ4n) is 3.52. The summed E-state index contributed by atoms with van der Waals surface area (Å²) in [6, 6.07) is 8.96. The van der Waals surface area contributed by atoms with Gasteiger partial charge >= 0.3 is 6.03 Å². The van der Waals surface area contributed by atoms with Crippen LogP contribution >= 0.6 is 0 Å². The van der Waals surface area contributed by atoms with E-state index in [2.05, 4.69) is 10.6 Å². The zero-order valence-corrected chi connectivity index (χ0v) is 16.5. The predicted octanol–water partition coefficient (Wildman–Crippen LogP) is 2.35. The van der Waals surface area contributed by atoms with Crippen LogP contribution in [0.5, 0.6) is 11.5 Å². The summed E-state index contributed by atoms with van der Waals surface area (Å²) in [5.41, 5.74) is 0.239. The number of aryl methyl sites for hydroxylation is 1. The summed E-state index contributed by atoms with van der Waals surface area (Å²) >= 11 is 0. The van der Waals surface area contributed by atoms with Gasteiger partial charge in [0, 0.05) is 6.42 Å². The van der Waals surface area contributed by atoms with E-state index in [-0.39, 0.29) is 18.9 Å². The normalized spacial score (nSPS) is 19.8. The second-order valence-electron chi connectivity index (χ2n) is 7.55. The number of halogens is 1. The van der Waals surface area contributed by atoms with Crippen LogP contribution in [0.1, 0.15) is 18.1 Å². The molecule has 1 fully saturated rings. The van der Waals surface area contributed by atoms with Gasteiger partial charge in [0.15, 0.2) is 11.5 Å². The molecule has 1 atom stereocenters. The van der Waals surface area contributed by atoms with Crippen molar-refractivity contribution < 1.29 is 28.2 Å². The average Bonchev–Trinajstić information content (AvgIpc) is 3.22. The monoisotopic (exact) mass is 413 g/mol. The lowest BCUT2D eigenvalue weighted by Gasteiger charge is -2.22. The molecule has 4 amide bonds. The molecule has 1 saturated heterocycles. The number of anilines is 1. The molecule has 2 aliphatic heterocycles. The summed E-state index contributed by atoms with van der Waals surface area (Å²) < 4.78 is 24.6. The number of hydrogen-bond donors (Lipinski definition) is 2. The molecule has 2 aromatic carbocycles. The van der Waals surface area contributed by atoms with E-state index in [1.165, 1.54) is 12.1 Å². The topological polar surface area (TPSA) is 97.0 Å². The summed E-state index contributed by atoms with van der Waals surface area (Å²) in [4.78, 5) is 38.4. The zero-order chi connectivity index (χ0) is 21.5. The van der Waals surface area contributed by atoms with Gasteiger partial charge < -0.3 is 20.1 Å². The van der Waals surface area contributed by atoms with Crippen molar-refractivity contribution in [3.8, 4) is 11.5 Å². The SMILES string of the molecule is Cc1ccc(NC(=O)CN2C(=O)N[C@@](C)(Cc3ccc4c(c3)OCO4)C2=O)c(F)c1. The maximum atomic E-state index is 13.9. The molecular weight excluding hydrogens is 393 g/mol. The summed E-state index contributed by atoms with van der Waals surface area (Å²) in [6.45, 7) is 2.93. The highest BCUT2D eigenvalue weighted by Crippen LogP contribution is 2.34. The lowest BCUT2D eigenvalue weighted by molar-refractivity contribution is -0.133. The molecular formula is C21H20FN3O5. The molecule has 8 nitrogen and oxygen atoms in total. The quantitative estimate of drug-likeness (QED) is 0.734. The highest BCUT2D eigenvalue weighted by atomic mass is 19.1. The van der Waals surface area contributed by atoms with Gasteiger partial charge in [-0.25, -0.2) is 9.18 Å². The third-order valence-electron chi connectivity index (χ3n) is 5.04. The molecule has 0 spiro atoms. The van der Waals surface area contributed by atoms with Crippen LogP contribution in [0.3, 0.4) is 0 Å². The summed E-state index contributed by atoms with van der Waals surface area (Å²) in [5, 5.41) is 5.04. The molecule has 2 aliphatic rings. The first kappa shape index (κ1) is 19.7. The number of nitrogens with zero attached hydrogens (tertiary/aromatic N) is 1. The van der Waals surface area contributed by atoms with Gasteiger partial charge in [0.2, 0.25) is 12.7 Å². The smallest absolute Gasteiger partial charge is 0.325 e. The third-order valence-corrected chi connectivity index (χ3v) is 5.04. The Morgan fingerprint density at radius 2 is 1.97 bits per heavy atom. The van der Waals surface area contributed by atoms with E-state index in [0.29, 0.717) is 17.1 Å². The van der Waals surface area contributed by atoms with E-state index in [1.807, 2.05) is 0 Å². The lowest BCUT2D eigenvalue weighted by atomic mass is 9.92. The number of carbonyl (C=O) groups is 3. The van der Waals surface area contributed by atoms with Crippen LogP contribution in [0.4, 0.5) is 14.9 Å². The number of ether oxygens (including phenoxy) is 2. The largest absolute Gasteiger partial charge is 0.454 e. The molecule has 0 bridgehead atoms. The zero-order valence-electron chi connectivity index (χ0n) is 16.5.